The minimum absolute atomic E-state index is 0.176. The molecule has 0 atom stereocenters. The summed E-state index contributed by atoms with van der Waals surface area (Å²) >= 11 is 0. The highest BCUT2D eigenvalue weighted by molar-refractivity contribution is 5.96. The summed E-state index contributed by atoms with van der Waals surface area (Å²) in [6.07, 6.45) is 2.26. The predicted octanol–water partition coefficient (Wildman–Crippen LogP) is 1.78. The Morgan fingerprint density at radius 2 is 2.15 bits per heavy atom. The van der Waals surface area contributed by atoms with Crippen molar-refractivity contribution in [3.63, 3.8) is 0 Å². The molecular formula is C25H26N6O3. The van der Waals surface area contributed by atoms with Crippen LogP contribution in [0.3, 0.4) is 0 Å². The molecule has 9 nitrogen and oxygen atoms in total. The molecule has 1 N–H and O–H groups in total. The lowest BCUT2D eigenvalue weighted by molar-refractivity contribution is 0.0970. The van der Waals surface area contributed by atoms with E-state index in [2.05, 4.69) is 33.1 Å². The molecule has 9 heteroatoms. The number of ether oxygens (including phenoxy) is 1. The maximum atomic E-state index is 13.6. The van der Waals surface area contributed by atoms with E-state index in [0.717, 1.165) is 26.1 Å². The van der Waals surface area contributed by atoms with E-state index in [1.54, 1.807) is 35.8 Å². The van der Waals surface area contributed by atoms with Crippen LogP contribution in [-0.4, -0.2) is 53.2 Å². The van der Waals surface area contributed by atoms with Gasteiger partial charge in [0.05, 0.1) is 26.5 Å². The van der Waals surface area contributed by atoms with Crippen LogP contribution in [0.1, 0.15) is 29.3 Å². The minimum atomic E-state index is -0.380. The van der Waals surface area contributed by atoms with Crippen molar-refractivity contribution in [2.45, 2.75) is 26.4 Å². The maximum absolute atomic E-state index is 13.6. The molecule has 34 heavy (non-hydrogen) atoms. The zero-order valence-electron chi connectivity index (χ0n) is 19.3. The van der Waals surface area contributed by atoms with E-state index >= 15 is 0 Å². The van der Waals surface area contributed by atoms with Crippen LogP contribution in [0, 0.1) is 23.2 Å². The molecule has 3 aromatic rings. The quantitative estimate of drug-likeness (QED) is 0.443. The minimum Gasteiger partial charge on any atom is -0.497 e. The number of nitrogens with one attached hydrogen (secondary N) is 1. The first-order valence-electron chi connectivity index (χ1n) is 11.1. The first-order valence-corrected chi connectivity index (χ1v) is 11.1. The fourth-order valence-corrected chi connectivity index (χ4v) is 4.21. The largest absolute Gasteiger partial charge is 0.497 e. The summed E-state index contributed by atoms with van der Waals surface area (Å²) in [5.41, 5.74) is 1.04. The van der Waals surface area contributed by atoms with E-state index in [1.807, 2.05) is 0 Å². The number of fused-ring (bicyclic) bond motifs is 1. The van der Waals surface area contributed by atoms with Gasteiger partial charge in [-0.3, -0.25) is 14.2 Å². The number of benzene rings is 1. The summed E-state index contributed by atoms with van der Waals surface area (Å²) in [4.78, 5) is 33.0. The molecule has 1 fully saturated rings. The molecule has 0 saturated carbocycles. The summed E-state index contributed by atoms with van der Waals surface area (Å²) in [7, 11) is 1.53. The maximum Gasteiger partial charge on any atom is 0.278 e. The molecule has 174 valence electrons. The van der Waals surface area contributed by atoms with E-state index in [9.17, 15) is 14.9 Å². The van der Waals surface area contributed by atoms with Crippen molar-refractivity contribution in [2.24, 2.45) is 0 Å². The number of aromatic nitrogens is 3. The number of nitrogens with zero attached hydrogens (tertiary/aromatic N) is 5. The Morgan fingerprint density at radius 3 is 2.91 bits per heavy atom. The average molecular weight is 459 g/mol. The number of Topliss-reactive ketones (excluding diaryl/α,β-unsaturated/α-hetero) is 1. The number of rotatable bonds is 6. The lowest BCUT2D eigenvalue weighted by Crippen LogP contribution is -2.31. The van der Waals surface area contributed by atoms with Gasteiger partial charge in [-0.05, 0) is 32.0 Å². The molecule has 1 aliphatic heterocycles. The van der Waals surface area contributed by atoms with Crippen LogP contribution in [0.15, 0.2) is 35.4 Å². The van der Waals surface area contributed by atoms with Gasteiger partial charge in [0.15, 0.2) is 5.78 Å². The van der Waals surface area contributed by atoms with Gasteiger partial charge in [0.1, 0.15) is 34.2 Å². The molecule has 1 aromatic carbocycles. The normalized spacial score (nSPS) is 13.6. The van der Waals surface area contributed by atoms with E-state index in [1.165, 1.54) is 18.0 Å². The molecule has 4 rings (SSSR count). The van der Waals surface area contributed by atoms with Gasteiger partial charge in [0.25, 0.3) is 5.56 Å². The Morgan fingerprint density at radius 1 is 1.29 bits per heavy atom. The molecule has 2 aromatic heterocycles. The molecule has 0 spiro atoms. The highest BCUT2D eigenvalue weighted by atomic mass is 16.5. The highest BCUT2D eigenvalue weighted by Gasteiger charge is 2.26. The Kier molecular flexibility index (Phi) is 6.95. The van der Waals surface area contributed by atoms with Gasteiger partial charge in [-0.15, -0.1) is 5.92 Å². The number of carbonyl (C=O) groups excluding carboxylic acids is 1. The molecule has 0 unspecified atom stereocenters. The van der Waals surface area contributed by atoms with E-state index in [0.29, 0.717) is 34.8 Å². The summed E-state index contributed by atoms with van der Waals surface area (Å²) in [6, 6.07) is 9.05. The molecule has 0 aliphatic carbocycles. The van der Waals surface area contributed by atoms with Crippen LogP contribution < -0.4 is 20.5 Å². The van der Waals surface area contributed by atoms with Gasteiger partial charge < -0.3 is 19.5 Å². The van der Waals surface area contributed by atoms with E-state index < -0.39 is 0 Å². The zero-order chi connectivity index (χ0) is 24.1. The number of anilines is 1. The van der Waals surface area contributed by atoms with Crippen molar-refractivity contribution >= 4 is 22.6 Å². The number of hydrogen-bond acceptors (Lipinski definition) is 7. The van der Waals surface area contributed by atoms with E-state index in [-0.39, 0.29) is 29.9 Å². The average Bonchev–Trinajstić information content (AvgIpc) is 2.99. The van der Waals surface area contributed by atoms with Gasteiger partial charge >= 0.3 is 0 Å². The lowest BCUT2D eigenvalue weighted by Gasteiger charge is -2.24. The summed E-state index contributed by atoms with van der Waals surface area (Å²) in [5, 5.41) is 13.4. The van der Waals surface area contributed by atoms with Crippen molar-refractivity contribution in [3.05, 3.63) is 52.1 Å². The highest BCUT2D eigenvalue weighted by Crippen LogP contribution is 2.30. The topological polar surface area (TPSA) is 105 Å². The van der Waals surface area contributed by atoms with Crippen LogP contribution in [-0.2, 0) is 13.1 Å². The second-order valence-corrected chi connectivity index (χ2v) is 7.94. The Hall–Kier alpha value is -4.08. The second-order valence-electron chi connectivity index (χ2n) is 7.94. The summed E-state index contributed by atoms with van der Waals surface area (Å²) in [6.45, 7) is 4.93. The van der Waals surface area contributed by atoms with Gasteiger partial charge in [-0.1, -0.05) is 18.1 Å². The molecule has 1 aliphatic rings. The third kappa shape index (κ3) is 4.39. The molecule has 0 radical (unpaired) electrons. The van der Waals surface area contributed by atoms with Crippen molar-refractivity contribution in [1.29, 1.82) is 5.26 Å². The SMILES string of the molecule is CC#CCn1c(N2CCCNCC2)c(C#N)c2ncn(CC(=O)c3cccc(OC)c3)c(=O)c21. The van der Waals surface area contributed by atoms with E-state index in [4.69, 9.17) is 4.74 Å². The lowest BCUT2D eigenvalue weighted by atomic mass is 10.1. The van der Waals surface area contributed by atoms with Gasteiger partial charge in [-0.25, -0.2) is 4.98 Å². The number of ketones is 1. The fourth-order valence-electron chi connectivity index (χ4n) is 4.21. The summed E-state index contributed by atoms with van der Waals surface area (Å²) < 4.78 is 8.26. The van der Waals surface area contributed by atoms with Crippen LogP contribution in [0.4, 0.5) is 5.82 Å². The molecule has 0 bridgehead atoms. The van der Waals surface area contributed by atoms with Gasteiger partial charge in [0, 0.05) is 25.2 Å². The summed E-state index contributed by atoms with van der Waals surface area (Å²) in [5.74, 6) is 6.87. The predicted molar refractivity (Wildman–Crippen MR) is 129 cm³/mol. The molecule has 1 saturated heterocycles. The number of hydrogen-bond donors (Lipinski definition) is 1. The first-order chi connectivity index (χ1) is 16.6. The van der Waals surface area contributed by atoms with Crippen molar-refractivity contribution < 1.29 is 9.53 Å². The number of nitriles is 1. The van der Waals surface area contributed by atoms with Crippen molar-refractivity contribution in [1.82, 2.24) is 19.4 Å². The van der Waals surface area contributed by atoms with Crippen LogP contribution in [0.5, 0.6) is 5.75 Å². The Bertz CT molecular complexity index is 1380. The number of methoxy groups -OCH3 is 1. The monoisotopic (exact) mass is 458 g/mol. The van der Waals surface area contributed by atoms with Crippen molar-refractivity contribution in [2.75, 3.05) is 38.2 Å². The van der Waals surface area contributed by atoms with Crippen LogP contribution in [0.25, 0.3) is 11.0 Å². The fraction of sp³-hybridized carbons (Fsp3) is 0.360. The third-order valence-electron chi connectivity index (χ3n) is 5.87. The molecule has 3 heterocycles. The Balaban J connectivity index is 1.83. The Labute approximate surface area is 197 Å². The second kappa shape index (κ2) is 10.2. The first kappa shape index (κ1) is 23.1. The molecular weight excluding hydrogens is 432 g/mol. The smallest absolute Gasteiger partial charge is 0.278 e. The third-order valence-corrected chi connectivity index (χ3v) is 5.87. The zero-order valence-corrected chi connectivity index (χ0v) is 19.3. The van der Waals surface area contributed by atoms with Gasteiger partial charge in [0.2, 0.25) is 0 Å². The standard InChI is InChI=1S/C25H26N6O3/c1-3-4-12-31-23-22(20(15-26)24(31)29-11-6-9-27-10-13-29)28-17-30(25(23)33)16-21(32)18-7-5-8-19(14-18)34-2/h5,7-8,14,17,27H,6,9-13,16H2,1-2H3. The van der Waals surface area contributed by atoms with Crippen LogP contribution >= 0.6 is 0 Å². The van der Waals surface area contributed by atoms with Gasteiger partial charge in [-0.2, -0.15) is 5.26 Å². The van der Waals surface area contributed by atoms with Crippen LogP contribution in [0.2, 0.25) is 0 Å². The van der Waals surface area contributed by atoms with Crippen molar-refractivity contribution in [3.8, 4) is 23.7 Å². The number of carbonyl (C=O) groups is 1. The molecule has 0 amide bonds.